The van der Waals surface area contributed by atoms with Crippen LogP contribution in [0.15, 0.2) is 35.5 Å². The second-order valence-corrected chi connectivity index (χ2v) is 4.79. The fourth-order valence-corrected chi connectivity index (χ4v) is 2.39. The van der Waals surface area contributed by atoms with Crippen LogP contribution in [-0.2, 0) is 9.53 Å². The zero-order valence-corrected chi connectivity index (χ0v) is 10.8. The van der Waals surface area contributed by atoms with Gasteiger partial charge in [0.05, 0.1) is 17.3 Å². The lowest BCUT2D eigenvalue weighted by atomic mass is 9.95. The molecule has 0 aliphatic carbocycles. The van der Waals surface area contributed by atoms with Gasteiger partial charge < -0.3 is 10.1 Å². The molecule has 1 N–H and O–H groups in total. The number of amides is 2. The Morgan fingerprint density at radius 2 is 1.95 bits per heavy atom. The number of nitrogens with one attached hydrogen (secondary N) is 1. The number of hydrogen-bond donors (Lipinski definition) is 1. The first-order valence-electron chi connectivity index (χ1n) is 6.09. The number of cyclic esters (lactones) is 1. The maximum Gasteiger partial charge on any atom is 0.338 e. The summed E-state index contributed by atoms with van der Waals surface area (Å²) < 4.78 is 5.05. The first-order valence-corrected chi connectivity index (χ1v) is 6.09. The molecule has 2 amide bonds. The molecule has 2 aliphatic rings. The van der Waals surface area contributed by atoms with E-state index in [9.17, 15) is 9.59 Å². The van der Waals surface area contributed by atoms with Gasteiger partial charge in [0.1, 0.15) is 6.61 Å². The van der Waals surface area contributed by atoms with Crippen LogP contribution in [0.2, 0.25) is 0 Å². The van der Waals surface area contributed by atoms with Crippen molar-refractivity contribution in [3.8, 4) is 0 Å². The lowest BCUT2D eigenvalue weighted by Gasteiger charge is -2.30. The molecule has 0 fully saturated rings. The van der Waals surface area contributed by atoms with E-state index in [4.69, 9.17) is 4.74 Å². The van der Waals surface area contributed by atoms with Crippen molar-refractivity contribution in [3.05, 3.63) is 46.7 Å². The number of aryl methyl sites for hydroxylation is 1. The van der Waals surface area contributed by atoms with E-state index in [2.05, 4.69) is 5.32 Å². The molecule has 2 aliphatic heterocycles. The highest BCUT2D eigenvalue weighted by Gasteiger charge is 2.40. The van der Waals surface area contributed by atoms with Gasteiger partial charge in [0.15, 0.2) is 0 Å². The van der Waals surface area contributed by atoms with Crippen LogP contribution in [0.1, 0.15) is 17.2 Å². The van der Waals surface area contributed by atoms with E-state index >= 15 is 0 Å². The van der Waals surface area contributed by atoms with E-state index in [0.29, 0.717) is 11.3 Å². The second kappa shape index (κ2) is 4.12. The largest absolute Gasteiger partial charge is 0.456 e. The molecule has 0 radical (unpaired) electrons. The number of nitrogens with zero attached hydrogens (tertiary/aromatic N) is 1. The van der Waals surface area contributed by atoms with E-state index in [1.54, 1.807) is 7.05 Å². The standard InChI is InChI=1S/C14H14N2O3/c1-8-3-5-9(6-4-8)12-11-10(7-19-13(11)17)16(2)14(18)15-12/h3-6,12H,7H2,1-2H3,(H,15,18)/t12-/m1/s1. The van der Waals surface area contributed by atoms with Crippen LogP contribution in [0, 0.1) is 6.92 Å². The molecule has 3 rings (SSSR count). The minimum absolute atomic E-state index is 0.167. The monoisotopic (exact) mass is 258 g/mol. The summed E-state index contributed by atoms with van der Waals surface area (Å²) in [4.78, 5) is 25.2. The minimum Gasteiger partial charge on any atom is -0.456 e. The molecule has 1 aromatic carbocycles. The Morgan fingerprint density at radius 3 is 2.63 bits per heavy atom. The molecule has 0 saturated carbocycles. The van der Waals surface area contributed by atoms with Crippen molar-refractivity contribution >= 4 is 12.0 Å². The lowest BCUT2D eigenvalue weighted by molar-refractivity contribution is -0.136. The number of carbonyl (C=O) groups is 2. The minimum atomic E-state index is -0.422. The van der Waals surface area contributed by atoms with Crippen molar-refractivity contribution in [2.45, 2.75) is 13.0 Å². The molecule has 1 atom stereocenters. The Balaban J connectivity index is 2.08. The van der Waals surface area contributed by atoms with E-state index in [1.807, 2.05) is 31.2 Å². The second-order valence-electron chi connectivity index (χ2n) is 4.79. The molecule has 0 spiro atoms. The van der Waals surface area contributed by atoms with E-state index in [1.165, 1.54) is 4.90 Å². The summed E-state index contributed by atoms with van der Waals surface area (Å²) in [5.41, 5.74) is 3.20. The molecular weight excluding hydrogens is 244 g/mol. The molecule has 1 aromatic rings. The van der Waals surface area contributed by atoms with Crippen LogP contribution in [0.3, 0.4) is 0 Å². The Bertz CT molecular complexity index is 589. The molecule has 0 aromatic heterocycles. The number of carbonyl (C=O) groups excluding carboxylic acids is 2. The Kier molecular flexibility index (Phi) is 2.55. The maximum atomic E-state index is 11.9. The third-order valence-electron chi connectivity index (χ3n) is 3.55. The number of hydrogen-bond acceptors (Lipinski definition) is 3. The van der Waals surface area contributed by atoms with Crippen molar-refractivity contribution in [1.82, 2.24) is 10.2 Å². The summed E-state index contributed by atoms with van der Waals surface area (Å²) in [5, 5.41) is 2.83. The summed E-state index contributed by atoms with van der Waals surface area (Å²) >= 11 is 0. The van der Waals surface area contributed by atoms with Crippen LogP contribution >= 0.6 is 0 Å². The van der Waals surface area contributed by atoms with Gasteiger partial charge in [-0.2, -0.15) is 0 Å². The average molecular weight is 258 g/mol. The first kappa shape index (κ1) is 11.8. The van der Waals surface area contributed by atoms with Gasteiger partial charge in [0, 0.05) is 7.05 Å². The van der Waals surface area contributed by atoms with Crippen LogP contribution in [0.4, 0.5) is 4.79 Å². The van der Waals surface area contributed by atoms with Gasteiger partial charge in [-0.05, 0) is 12.5 Å². The molecule has 0 unspecified atom stereocenters. The topological polar surface area (TPSA) is 58.6 Å². The summed E-state index contributed by atoms with van der Waals surface area (Å²) in [6.07, 6.45) is 0. The number of likely N-dealkylation sites (N-methyl/N-ethyl adjacent to an activating group) is 1. The average Bonchev–Trinajstić information content (AvgIpc) is 2.78. The van der Waals surface area contributed by atoms with Gasteiger partial charge in [-0.3, -0.25) is 4.90 Å². The van der Waals surface area contributed by atoms with Crippen molar-refractivity contribution in [3.63, 3.8) is 0 Å². The fourth-order valence-electron chi connectivity index (χ4n) is 2.39. The Labute approximate surface area is 110 Å². The molecule has 2 heterocycles. The van der Waals surface area contributed by atoms with Crippen molar-refractivity contribution in [2.75, 3.05) is 13.7 Å². The highest BCUT2D eigenvalue weighted by Crippen LogP contribution is 2.34. The smallest absolute Gasteiger partial charge is 0.338 e. The van der Waals surface area contributed by atoms with E-state index in [0.717, 1.165) is 11.1 Å². The Hall–Kier alpha value is -2.30. The highest BCUT2D eigenvalue weighted by atomic mass is 16.5. The van der Waals surface area contributed by atoms with Crippen LogP contribution in [0.25, 0.3) is 0 Å². The lowest BCUT2D eigenvalue weighted by Crippen LogP contribution is -2.45. The number of ether oxygens (including phenoxy) is 1. The number of esters is 1. The summed E-state index contributed by atoms with van der Waals surface area (Å²) in [6.45, 7) is 2.16. The van der Waals surface area contributed by atoms with Gasteiger partial charge in [0.25, 0.3) is 0 Å². The quantitative estimate of drug-likeness (QED) is 0.777. The third-order valence-corrected chi connectivity index (χ3v) is 3.55. The predicted octanol–water partition coefficient (Wildman–Crippen LogP) is 1.50. The van der Waals surface area contributed by atoms with Crippen LogP contribution < -0.4 is 5.32 Å². The third kappa shape index (κ3) is 1.78. The van der Waals surface area contributed by atoms with Gasteiger partial charge in [-0.25, -0.2) is 9.59 Å². The molecule has 5 heteroatoms. The maximum absolute atomic E-state index is 11.9. The SMILES string of the molecule is Cc1ccc([C@H]2NC(=O)N(C)C3=C2C(=O)OC3)cc1. The number of benzene rings is 1. The first-order chi connectivity index (χ1) is 9.08. The van der Waals surface area contributed by atoms with Crippen LogP contribution in [0.5, 0.6) is 0 Å². The van der Waals surface area contributed by atoms with Gasteiger partial charge in [-0.15, -0.1) is 0 Å². The molecule has 0 bridgehead atoms. The van der Waals surface area contributed by atoms with E-state index < -0.39 is 6.04 Å². The van der Waals surface area contributed by atoms with Crippen molar-refractivity contribution in [1.29, 1.82) is 0 Å². The van der Waals surface area contributed by atoms with Crippen molar-refractivity contribution < 1.29 is 14.3 Å². The van der Waals surface area contributed by atoms with E-state index in [-0.39, 0.29) is 18.6 Å². The molecule has 5 nitrogen and oxygen atoms in total. The number of rotatable bonds is 1. The molecule has 19 heavy (non-hydrogen) atoms. The molecular formula is C14H14N2O3. The zero-order chi connectivity index (χ0) is 13.6. The summed E-state index contributed by atoms with van der Waals surface area (Å²) in [5.74, 6) is -0.354. The molecule has 98 valence electrons. The fraction of sp³-hybridized carbons (Fsp3) is 0.286. The predicted molar refractivity (Wildman–Crippen MR) is 68.2 cm³/mol. The Morgan fingerprint density at radius 1 is 1.26 bits per heavy atom. The number of urea groups is 1. The van der Waals surface area contributed by atoms with Gasteiger partial charge in [-0.1, -0.05) is 29.8 Å². The molecule has 0 saturated heterocycles. The van der Waals surface area contributed by atoms with Crippen LogP contribution in [-0.4, -0.2) is 30.6 Å². The normalized spacial score (nSPS) is 22.2. The van der Waals surface area contributed by atoms with Gasteiger partial charge in [0.2, 0.25) is 0 Å². The summed E-state index contributed by atoms with van der Waals surface area (Å²) in [6, 6.07) is 7.11. The highest BCUT2D eigenvalue weighted by molar-refractivity contribution is 5.97. The zero-order valence-electron chi connectivity index (χ0n) is 10.8. The summed E-state index contributed by atoms with van der Waals surface area (Å²) in [7, 11) is 1.64. The van der Waals surface area contributed by atoms with Gasteiger partial charge >= 0.3 is 12.0 Å². The van der Waals surface area contributed by atoms with Crippen molar-refractivity contribution in [2.24, 2.45) is 0 Å².